The summed E-state index contributed by atoms with van der Waals surface area (Å²) < 4.78 is 7.49. The summed E-state index contributed by atoms with van der Waals surface area (Å²) >= 11 is 0. The van der Waals surface area contributed by atoms with Crippen molar-refractivity contribution in [1.29, 1.82) is 0 Å². The molecule has 1 amide bonds. The molecule has 0 saturated carbocycles. The summed E-state index contributed by atoms with van der Waals surface area (Å²) in [5.74, 6) is -0.108. The van der Waals surface area contributed by atoms with Crippen LogP contribution in [0.1, 0.15) is 21.5 Å². The Hall–Kier alpha value is -3.93. The predicted octanol–water partition coefficient (Wildman–Crippen LogP) is 4.05. The van der Waals surface area contributed by atoms with Crippen LogP contribution < -0.4 is 10.1 Å². The molecule has 6 nitrogen and oxygen atoms in total. The number of aryl methyl sites for hydroxylation is 1. The largest absolute Gasteiger partial charge is 0.423 e. The summed E-state index contributed by atoms with van der Waals surface area (Å²) in [6.07, 6.45) is 2.04. The lowest BCUT2D eigenvalue weighted by Crippen LogP contribution is -2.08. The van der Waals surface area contributed by atoms with Crippen molar-refractivity contribution in [2.75, 3.05) is 5.32 Å². The normalized spacial score (nSPS) is 12.7. The van der Waals surface area contributed by atoms with Crippen molar-refractivity contribution in [3.05, 3.63) is 83.7 Å². The van der Waals surface area contributed by atoms with E-state index in [-0.39, 0.29) is 5.91 Å². The number of carbonyl (C=O) groups excluding carboxylic acids is 2. The number of ether oxygens (including phenoxy) is 1. The zero-order chi connectivity index (χ0) is 20.0. The van der Waals surface area contributed by atoms with Gasteiger partial charge >= 0.3 is 5.97 Å². The van der Waals surface area contributed by atoms with Gasteiger partial charge in [0.25, 0.3) is 0 Å². The number of nitrogens with zero attached hydrogens (tertiary/aromatic N) is 2. The lowest BCUT2D eigenvalue weighted by molar-refractivity contribution is -0.115. The van der Waals surface area contributed by atoms with Gasteiger partial charge in [-0.2, -0.15) is 0 Å². The van der Waals surface area contributed by atoms with Crippen LogP contribution in [0.15, 0.2) is 67.0 Å². The second-order valence-corrected chi connectivity index (χ2v) is 7.09. The number of nitrogens with one attached hydrogen (secondary N) is 1. The van der Waals surface area contributed by atoms with E-state index in [1.54, 1.807) is 36.7 Å². The van der Waals surface area contributed by atoms with Crippen LogP contribution in [-0.2, 0) is 11.2 Å². The molecule has 29 heavy (non-hydrogen) atoms. The summed E-state index contributed by atoms with van der Waals surface area (Å²) in [4.78, 5) is 28.5. The van der Waals surface area contributed by atoms with Crippen LogP contribution in [0.4, 0.5) is 5.69 Å². The summed E-state index contributed by atoms with van der Waals surface area (Å²) in [6, 6.07) is 18.6. The molecule has 3 aromatic carbocycles. The van der Waals surface area contributed by atoms with Crippen LogP contribution in [0.25, 0.3) is 16.7 Å². The van der Waals surface area contributed by atoms with Crippen LogP contribution in [0.2, 0.25) is 0 Å². The van der Waals surface area contributed by atoms with Gasteiger partial charge in [-0.25, -0.2) is 9.78 Å². The summed E-state index contributed by atoms with van der Waals surface area (Å²) in [6.45, 7) is 2.04. The second kappa shape index (κ2) is 6.60. The third kappa shape index (κ3) is 3.14. The molecular weight excluding hydrogens is 366 g/mol. The first-order valence-corrected chi connectivity index (χ1v) is 9.26. The van der Waals surface area contributed by atoms with E-state index in [0.717, 1.165) is 28.0 Å². The van der Waals surface area contributed by atoms with Crippen LogP contribution in [-0.4, -0.2) is 21.4 Å². The number of benzene rings is 3. The molecule has 0 atom stereocenters. The number of aromatic nitrogens is 2. The Kier molecular flexibility index (Phi) is 3.91. The second-order valence-electron chi connectivity index (χ2n) is 7.09. The lowest BCUT2D eigenvalue weighted by atomic mass is 10.1. The van der Waals surface area contributed by atoms with E-state index >= 15 is 0 Å². The minimum Gasteiger partial charge on any atom is -0.423 e. The Bertz CT molecular complexity index is 1290. The van der Waals surface area contributed by atoms with Gasteiger partial charge in [-0.15, -0.1) is 0 Å². The Morgan fingerprint density at radius 3 is 2.86 bits per heavy atom. The maximum atomic E-state index is 12.6. The van der Waals surface area contributed by atoms with Gasteiger partial charge in [0.1, 0.15) is 12.1 Å². The van der Waals surface area contributed by atoms with Crippen molar-refractivity contribution >= 4 is 28.6 Å². The van der Waals surface area contributed by atoms with Crippen molar-refractivity contribution in [2.24, 2.45) is 0 Å². The fourth-order valence-electron chi connectivity index (χ4n) is 3.56. The van der Waals surface area contributed by atoms with Gasteiger partial charge in [-0.3, -0.25) is 9.36 Å². The molecule has 0 fully saturated rings. The van der Waals surface area contributed by atoms with Crippen LogP contribution in [0.3, 0.4) is 0 Å². The van der Waals surface area contributed by atoms with E-state index in [4.69, 9.17) is 4.74 Å². The summed E-state index contributed by atoms with van der Waals surface area (Å²) in [5.41, 5.74) is 5.81. The molecule has 0 spiro atoms. The van der Waals surface area contributed by atoms with Crippen LogP contribution >= 0.6 is 0 Å². The van der Waals surface area contributed by atoms with E-state index in [9.17, 15) is 9.59 Å². The summed E-state index contributed by atoms with van der Waals surface area (Å²) in [7, 11) is 0. The number of amides is 1. The van der Waals surface area contributed by atoms with Gasteiger partial charge in [0, 0.05) is 11.4 Å². The van der Waals surface area contributed by atoms with Crippen molar-refractivity contribution in [3.63, 3.8) is 0 Å². The first-order chi connectivity index (χ1) is 14.1. The molecule has 2 heterocycles. The van der Waals surface area contributed by atoms with Crippen molar-refractivity contribution in [3.8, 4) is 11.4 Å². The fourth-order valence-corrected chi connectivity index (χ4v) is 3.56. The molecule has 1 aromatic heterocycles. The monoisotopic (exact) mass is 383 g/mol. The smallest absolute Gasteiger partial charge is 0.343 e. The molecule has 0 radical (unpaired) electrons. The Morgan fingerprint density at radius 1 is 1.10 bits per heavy atom. The van der Waals surface area contributed by atoms with Gasteiger partial charge in [-0.05, 0) is 66.6 Å². The number of esters is 1. The minimum atomic E-state index is -0.464. The van der Waals surface area contributed by atoms with Crippen LogP contribution in [0.5, 0.6) is 5.75 Å². The lowest BCUT2D eigenvalue weighted by Gasteiger charge is -2.07. The van der Waals surface area contributed by atoms with Crippen molar-refractivity contribution in [2.45, 2.75) is 13.3 Å². The van der Waals surface area contributed by atoms with Gasteiger partial charge in [0.15, 0.2) is 0 Å². The molecular formula is C23H17N3O3. The number of hydrogen-bond acceptors (Lipinski definition) is 4. The highest BCUT2D eigenvalue weighted by molar-refractivity contribution is 5.99. The molecule has 0 aliphatic carbocycles. The maximum Gasteiger partial charge on any atom is 0.343 e. The summed E-state index contributed by atoms with van der Waals surface area (Å²) in [5, 5.41) is 2.76. The third-order valence-corrected chi connectivity index (χ3v) is 4.98. The molecule has 0 unspecified atom stereocenters. The predicted molar refractivity (Wildman–Crippen MR) is 110 cm³/mol. The Balaban J connectivity index is 1.42. The van der Waals surface area contributed by atoms with Gasteiger partial charge in [0.05, 0.1) is 23.0 Å². The molecule has 142 valence electrons. The first kappa shape index (κ1) is 17.2. The van der Waals surface area contributed by atoms with Crippen LogP contribution in [0, 0.1) is 6.92 Å². The standard InChI is InChI=1S/C23H17N3O3/c1-14-3-2-4-17(9-14)26-13-24-20-11-15(5-8-21(20)26)23(28)29-18-6-7-19-16(10-18)12-22(27)25-19/h2-11,13H,12H2,1H3,(H,25,27). The number of imidazole rings is 1. The molecule has 1 aliphatic rings. The van der Waals surface area contributed by atoms with E-state index in [1.807, 2.05) is 35.8 Å². The first-order valence-electron chi connectivity index (χ1n) is 9.26. The highest BCUT2D eigenvalue weighted by Crippen LogP contribution is 2.28. The maximum absolute atomic E-state index is 12.6. The SMILES string of the molecule is Cc1cccc(-n2cnc3cc(C(=O)Oc4ccc5c(c4)CC(=O)N5)ccc32)c1. The fraction of sp³-hybridized carbons (Fsp3) is 0.0870. The zero-order valence-electron chi connectivity index (χ0n) is 15.7. The van der Waals surface area contributed by atoms with Crippen molar-refractivity contribution < 1.29 is 14.3 Å². The number of rotatable bonds is 3. The van der Waals surface area contributed by atoms with E-state index in [2.05, 4.69) is 16.4 Å². The zero-order valence-corrected chi connectivity index (χ0v) is 15.7. The van der Waals surface area contributed by atoms with E-state index in [1.165, 1.54) is 0 Å². The van der Waals surface area contributed by atoms with Crippen molar-refractivity contribution in [1.82, 2.24) is 9.55 Å². The van der Waals surface area contributed by atoms with Gasteiger partial charge in [-0.1, -0.05) is 12.1 Å². The number of anilines is 1. The Morgan fingerprint density at radius 2 is 2.00 bits per heavy atom. The van der Waals surface area contributed by atoms with Gasteiger partial charge < -0.3 is 10.1 Å². The molecule has 4 aromatic rings. The molecule has 1 aliphatic heterocycles. The van der Waals surface area contributed by atoms with E-state index in [0.29, 0.717) is 23.3 Å². The topological polar surface area (TPSA) is 73.2 Å². The number of carbonyl (C=O) groups is 2. The minimum absolute atomic E-state index is 0.0573. The highest BCUT2D eigenvalue weighted by Gasteiger charge is 2.19. The quantitative estimate of drug-likeness (QED) is 0.428. The molecule has 0 saturated heterocycles. The average molecular weight is 383 g/mol. The molecule has 0 bridgehead atoms. The highest BCUT2D eigenvalue weighted by atomic mass is 16.5. The Labute approximate surface area is 166 Å². The number of hydrogen-bond donors (Lipinski definition) is 1. The average Bonchev–Trinajstić information content (AvgIpc) is 3.29. The molecule has 5 rings (SSSR count). The number of fused-ring (bicyclic) bond motifs is 2. The molecule has 6 heteroatoms. The van der Waals surface area contributed by atoms with Gasteiger partial charge in [0.2, 0.25) is 5.91 Å². The molecule has 1 N–H and O–H groups in total. The van der Waals surface area contributed by atoms with E-state index < -0.39 is 5.97 Å². The third-order valence-electron chi connectivity index (χ3n) is 4.98.